The van der Waals surface area contributed by atoms with E-state index < -0.39 is 0 Å². The summed E-state index contributed by atoms with van der Waals surface area (Å²) in [5, 5.41) is 37.8. The maximum absolute atomic E-state index is 5.75. The summed E-state index contributed by atoms with van der Waals surface area (Å²) in [5.41, 5.74) is 19.8. The first-order chi connectivity index (χ1) is 43.6. The number of aromatic amines is 2. The quantitative estimate of drug-likeness (QED) is 0.119. The van der Waals surface area contributed by atoms with Crippen molar-refractivity contribution in [3.63, 3.8) is 0 Å². The van der Waals surface area contributed by atoms with Gasteiger partial charge in [0, 0.05) is 90.2 Å². The summed E-state index contributed by atoms with van der Waals surface area (Å²) < 4.78 is 7.47. The summed E-state index contributed by atoms with van der Waals surface area (Å²) in [7, 11) is 0. The minimum atomic E-state index is 0.0252. The molecule has 0 fully saturated rings. The van der Waals surface area contributed by atoms with Crippen LogP contribution in [0.4, 0.5) is 0 Å². The van der Waals surface area contributed by atoms with Crippen LogP contribution in [0, 0.1) is 0 Å². The van der Waals surface area contributed by atoms with Gasteiger partial charge in [-0.1, -0.05) is 191 Å². The molecule has 7 aromatic heterocycles. The molecule has 0 atom stereocenters. The van der Waals surface area contributed by atoms with Gasteiger partial charge in [-0.3, -0.25) is 0 Å². The van der Waals surface area contributed by atoms with E-state index in [1.807, 2.05) is 116 Å². The number of hydrogen-bond acceptors (Lipinski definition) is 10. The SMILES string of the molecule is C1=CC(c2cn(-c3ccccc3-c3c4nc(c(-c5ccccc5-n5cc(C6C=CC=C6)nn5)c5ccc([nH]5)c(-c5ccccc5-n5cc(C6C=CC=C6)nn5)c5nc(c(-c6ccccc6-n6cc(C7C=CC=C7)nn6)c6ccc3[nH]6)C=C5)C=C4)nn2)C=C1. The number of benzene rings is 4. The maximum atomic E-state index is 5.75. The molecular formula is C72H50N16. The van der Waals surface area contributed by atoms with Crippen LogP contribution in [0.3, 0.4) is 0 Å². The number of aromatic nitrogens is 16. The highest BCUT2D eigenvalue weighted by atomic mass is 15.4. The monoisotopic (exact) mass is 1140 g/mol. The van der Waals surface area contributed by atoms with E-state index in [4.69, 9.17) is 51.2 Å². The Morgan fingerprint density at radius 1 is 0.273 bits per heavy atom. The zero-order valence-corrected chi connectivity index (χ0v) is 47.0. The molecule has 6 aliphatic rings. The fraction of sp³-hybridized carbons (Fsp3) is 0.0556. The molecule has 11 aromatic rings. The van der Waals surface area contributed by atoms with Gasteiger partial charge < -0.3 is 9.97 Å². The van der Waals surface area contributed by atoms with E-state index in [9.17, 15) is 0 Å². The molecule has 16 heteroatoms. The second-order valence-corrected chi connectivity index (χ2v) is 22.1. The lowest BCUT2D eigenvalue weighted by Crippen LogP contribution is -2.00. The Kier molecular flexibility index (Phi) is 12.0. The lowest BCUT2D eigenvalue weighted by molar-refractivity contribution is 0.798. The van der Waals surface area contributed by atoms with Gasteiger partial charge in [0.25, 0.3) is 0 Å². The van der Waals surface area contributed by atoms with Crippen molar-refractivity contribution in [2.45, 2.75) is 23.7 Å². The van der Waals surface area contributed by atoms with Gasteiger partial charge >= 0.3 is 0 Å². The van der Waals surface area contributed by atoms with E-state index in [0.717, 1.165) is 135 Å². The van der Waals surface area contributed by atoms with E-state index in [2.05, 4.69) is 180 Å². The standard InChI is InChI=1S/C72H50N16/c1-2-18-45(17-1)61-41-85(81-77-61)65-29-13-9-25-49(65)69-53-33-35-55(73-53)70(50-26-10-14-30-66(50)86-42-62(78-82-86)46-19-3-4-20-46)57-37-39-59(75-57)72(52-28-12-16-32-68(52)88-44-64(80-84-88)48-23-7-8-24-48)60-40-38-58(76-60)71(56-36-34-54(69)74-56)51-27-11-15-31-67(51)87-43-63(79-83-87)47-21-5-6-22-47/h1-48,73,76H. The number of allylic oxidation sites excluding steroid dienone is 16. The normalized spacial score (nSPS) is 15.1. The third-order valence-electron chi connectivity index (χ3n) is 16.8. The number of nitrogens with zero attached hydrogens (tertiary/aromatic N) is 14. The molecule has 0 unspecified atom stereocenters. The molecule has 0 saturated carbocycles. The molecule has 8 bridgehead atoms. The van der Waals surface area contributed by atoms with Crippen LogP contribution >= 0.6 is 0 Å². The van der Waals surface area contributed by atoms with Crippen LogP contribution in [0.5, 0.6) is 0 Å². The Bertz CT molecular complexity index is 4490. The first kappa shape index (κ1) is 50.5. The molecule has 17 rings (SSSR count). The number of rotatable bonds is 12. The van der Waals surface area contributed by atoms with Gasteiger partial charge in [-0.15, -0.1) is 20.4 Å². The Balaban J connectivity index is 0.970. The number of para-hydroxylation sites is 4. The van der Waals surface area contributed by atoms with Crippen molar-refractivity contribution in [2.75, 3.05) is 0 Å². The highest BCUT2D eigenvalue weighted by molar-refractivity contribution is 6.02. The predicted octanol–water partition coefficient (Wildman–Crippen LogP) is 14.5. The van der Waals surface area contributed by atoms with Crippen LogP contribution in [-0.2, 0) is 0 Å². The molecule has 4 aromatic carbocycles. The van der Waals surface area contributed by atoms with E-state index in [1.54, 1.807) is 0 Å². The van der Waals surface area contributed by atoms with Crippen LogP contribution in [-0.4, -0.2) is 79.9 Å². The summed E-state index contributed by atoms with van der Waals surface area (Å²) in [5.74, 6) is 0.101. The summed E-state index contributed by atoms with van der Waals surface area (Å²) in [4.78, 5) is 19.5. The van der Waals surface area contributed by atoms with E-state index in [-0.39, 0.29) is 23.7 Å². The number of nitrogens with one attached hydrogen (secondary N) is 2. The first-order valence-electron chi connectivity index (χ1n) is 29.2. The average molecular weight is 1140 g/mol. The summed E-state index contributed by atoms with van der Waals surface area (Å²) in [6.45, 7) is 0. The third kappa shape index (κ3) is 8.76. The molecule has 2 aliphatic heterocycles. The molecule has 2 N–H and O–H groups in total. The van der Waals surface area contributed by atoms with E-state index in [1.165, 1.54) is 0 Å². The Labute approximate surface area is 503 Å². The van der Waals surface area contributed by atoms with Crippen LogP contribution in [0.25, 0.3) is 114 Å². The van der Waals surface area contributed by atoms with Gasteiger partial charge in [-0.2, -0.15) is 0 Å². The molecule has 0 radical (unpaired) electrons. The van der Waals surface area contributed by atoms with Gasteiger partial charge in [-0.05, 0) is 72.8 Å². The Morgan fingerprint density at radius 2 is 0.500 bits per heavy atom. The molecule has 0 saturated heterocycles. The summed E-state index contributed by atoms with van der Waals surface area (Å²) >= 11 is 0. The molecule has 418 valence electrons. The second-order valence-electron chi connectivity index (χ2n) is 22.1. The van der Waals surface area contributed by atoms with E-state index >= 15 is 0 Å². The highest BCUT2D eigenvalue weighted by Gasteiger charge is 2.26. The molecule has 16 nitrogen and oxygen atoms in total. The summed E-state index contributed by atoms with van der Waals surface area (Å²) in [6, 6.07) is 41.7. The fourth-order valence-electron chi connectivity index (χ4n) is 12.6. The van der Waals surface area contributed by atoms with Crippen LogP contribution < -0.4 is 0 Å². The zero-order chi connectivity index (χ0) is 58.1. The van der Waals surface area contributed by atoms with Crippen molar-refractivity contribution in [1.29, 1.82) is 0 Å². The number of fused-ring (bicyclic) bond motifs is 8. The van der Waals surface area contributed by atoms with Crippen molar-refractivity contribution >= 4 is 46.4 Å². The topological polar surface area (TPSA) is 180 Å². The van der Waals surface area contributed by atoms with Crippen molar-refractivity contribution in [3.05, 3.63) is 289 Å². The maximum Gasteiger partial charge on any atom is 0.0938 e. The van der Waals surface area contributed by atoms with E-state index in [0.29, 0.717) is 0 Å². The molecule has 0 spiro atoms. The van der Waals surface area contributed by atoms with Crippen molar-refractivity contribution < 1.29 is 0 Å². The summed E-state index contributed by atoms with van der Waals surface area (Å²) in [6.07, 6.45) is 49.9. The van der Waals surface area contributed by atoms with Crippen molar-refractivity contribution in [3.8, 4) is 67.3 Å². The van der Waals surface area contributed by atoms with Crippen LogP contribution in [0.1, 0.15) is 69.2 Å². The van der Waals surface area contributed by atoms with Gasteiger partial charge in [-0.25, -0.2) is 28.7 Å². The molecular weight excluding hydrogens is 1090 g/mol. The second kappa shape index (κ2) is 20.9. The van der Waals surface area contributed by atoms with Crippen LogP contribution in [0.2, 0.25) is 0 Å². The van der Waals surface area contributed by atoms with Gasteiger partial charge in [0.05, 0.1) is 93.1 Å². The van der Waals surface area contributed by atoms with Gasteiger partial charge in [0.15, 0.2) is 0 Å². The fourth-order valence-corrected chi connectivity index (χ4v) is 12.6. The van der Waals surface area contributed by atoms with Gasteiger partial charge in [0.1, 0.15) is 0 Å². The number of hydrogen-bond donors (Lipinski definition) is 2. The van der Waals surface area contributed by atoms with Crippen molar-refractivity contribution in [2.24, 2.45) is 0 Å². The largest absolute Gasteiger partial charge is 0.354 e. The Hall–Kier alpha value is -12.0. The first-order valence-corrected chi connectivity index (χ1v) is 29.2. The molecule has 0 amide bonds. The smallest absolute Gasteiger partial charge is 0.0938 e. The lowest BCUT2D eigenvalue weighted by Gasteiger charge is -2.13. The third-order valence-corrected chi connectivity index (χ3v) is 16.8. The zero-order valence-electron chi connectivity index (χ0n) is 47.0. The van der Waals surface area contributed by atoms with Crippen molar-refractivity contribution in [1.82, 2.24) is 79.9 Å². The number of H-pyrrole nitrogens is 2. The average Bonchev–Trinajstić information content (AvgIpc) is 3.43. The Morgan fingerprint density at radius 3 is 0.739 bits per heavy atom. The highest BCUT2D eigenvalue weighted by Crippen LogP contribution is 2.43. The lowest BCUT2D eigenvalue weighted by atomic mass is 10.0. The predicted molar refractivity (Wildman–Crippen MR) is 344 cm³/mol. The minimum absolute atomic E-state index is 0.0252. The molecule has 88 heavy (non-hydrogen) atoms. The van der Waals surface area contributed by atoms with Gasteiger partial charge in [0.2, 0.25) is 0 Å². The minimum Gasteiger partial charge on any atom is -0.354 e. The molecule has 9 heterocycles. The van der Waals surface area contributed by atoms with Crippen LogP contribution in [0.15, 0.2) is 243 Å². The molecule has 4 aliphatic carbocycles.